The molecule has 4 nitrogen and oxygen atoms in total. The number of rotatable bonds is 7. The molecule has 118 valence electrons. The molecule has 0 aromatic heterocycles. The van der Waals surface area contributed by atoms with Crippen LogP contribution >= 0.6 is 0 Å². The van der Waals surface area contributed by atoms with Crippen LogP contribution in [0.3, 0.4) is 0 Å². The van der Waals surface area contributed by atoms with Crippen LogP contribution in [0.4, 0.5) is 13.2 Å². The molecule has 1 aromatic rings. The van der Waals surface area contributed by atoms with Crippen LogP contribution in [0, 0.1) is 0 Å². The van der Waals surface area contributed by atoms with E-state index in [0.29, 0.717) is 18.7 Å². The molecule has 0 aliphatic rings. The first kappa shape index (κ1) is 17.3. The first-order chi connectivity index (χ1) is 9.88. The van der Waals surface area contributed by atoms with E-state index in [9.17, 15) is 18.0 Å². The molecule has 1 N–H and O–H groups in total. The van der Waals surface area contributed by atoms with E-state index in [2.05, 4.69) is 10.1 Å². The number of nitrogens with one attached hydrogen (secondary N) is 1. The number of carbonyl (C=O) groups excluding carboxylic acids is 1. The number of hydrogen-bond acceptors (Lipinski definition) is 4. The summed E-state index contributed by atoms with van der Waals surface area (Å²) in [6.45, 7) is 2.72. The van der Waals surface area contributed by atoms with E-state index in [4.69, 9.17) is 4.74 Å². The molecule has 0 aliphatic carbocycles. The SMILES string of the molecule is CCNCc1ccc(OCCC(=O)OC)c(C(F)(F)F)c1. The van der Waals surface area contributed by atoms with Crippen molar-refractivity contribution in [1.29, 1.82) is 0 Å². The maximum Gasteiger partial charge on any atom is 0.419 e. The Bertz CT molecular complexity index is 475. The maximum atomic E-state index is 13.0. The molecule has 1 rings (SSSR count). The minimum Gasteiger partial charge on any atom is -0.492 e. The molecule has 0 saturated carbocycles. The molecular weight excluding hydrogens is 287 g/mol. The van der Waals surface area contributed by atoms with Crippen LogP contribution in [-0.4, -0.2) is 26.2 Å². The van der Waals surface area contributed by atoms with E-state index in [0.717, 1.165) is 6.07 Å². The second kappa shape index (κ2) is 7.87. The molecule has 1 aromatic carbocycles. The summed E-state index contributed by atoms with van der Waals surface area (Å²) >= 11 is 0. The Balaban J connectivity index is 2.84. The summed E-state index contributed by atoms with van der Waals surface area (Å²) in [5.41, 5.74) is -0.327. The molecule has 0 spiro atoms. The van der Waals surface area contributed by atoms with Crippen molar-refractivity contribution in [3.8, 4) is 5.75 Å². The second-order valence-corrected chi connectivity index (χ2v) is 4.28. The van der Waals surface area contributed by atoms with Gasteiger partial charge in [0.25, 0.3) is 0 Å². The third-order valence-electron chi connectivity index (χ3n) is 2.72. The van der Waals surface area contributed by atoms with Crippen LogP contribution in [0.5, 0.6) is 5.75 Å². The highest BCUT2D eigenvalue weighted by Crippen LogP contribution is 2.36. The summed E-state index contributed by atoms with van der Waals surface area (Å²) in [5, 5.41) is 2.96. The van der Waals surface area contributed by atoms with E-state index >= 15 is 0 Å². The monoisotopic (exact) mass is 305 g/mol. The van der Waals surface area contributed by atoms with Crippen molar-refractivity contribution in [1.82, 2.24) is 5.32 Å². The Morgan fingerprint density at radius 3 is 2.62 bits per heavy atom. The molecule has 0 bridgehead atoms. The Morgan fingerprint density at radius 2 is 2.05 bits per heavy atom. The van der Waals surface area contributed by atoms with Gasteiger partial charge < -0.3 is 14.8 Å². The van der Waals surface area contributed by atoms with Gasteiger partial charge in [0.1, 0.15) is 5.75 Å². The summed E-state index contributed by atoms with van der Waals surface area (Å²) in [4.78, 5) is 10.9. The maximum absolute atomic E-state index is 13.0. The number of methoxy groups -OCH3 is 1. The van der Waals surface area contributed by atoms with Crippen molar-refractivity contribution in [2.24, 2.45) is 0 Å². The third-order valence-corrected chi connectivity index (χ3v) is 2.72. The van der Waals surface area contributed by atoms with Gasteiger partial charge in [-0.2, -0.15) is 13.2 Å². The Labute approximate surface area is 121 Å². The van der Waals surface area contributed by atoms with Gasteiger partial charge in [-0.15, -0.1) is 0 Å². The minimum atomic E-state index is -4.51. The van der Waals surface area contributed by atoms with Gasteiger partial charge in [0, 0.05) is 6.54 Å². The van der Waals surface area contributed by atoms with Gasteiger partial charge in [-0.25, -0.2) is 0 Å². The number of carbonyl (C=O) groups is 1. The predicted octanol–water partition coefficient (Wildman–Crippen LogP) is 2.76. The lowest BCUT2D eigenvalue weighted by Gasteiger charge is -2.15. The normalized spacial score (nSPS) is 11.3. The molecule has 0 saturated heterocycles. The molecule has 0 unspecified atom stereocenters. The van der Waals surface area contributed by atoms with Gasteiger partial charge >= 0.3 is 12.1 Å². The molecule has 0 aliphatic heterocycles. The highest BCUT2D eigenvalue weighted by molar-refractivity contribution is 5.69. The fraction of sp³-hybridized carbons (Fsp3) is 0.500. The lowest BCUT2D eigenvalue weighted by molar-refractivity contribution is -0.141. The summed E-state index contributed by atoms with van der Waals surface area (Å²) < 4.78 is 48.5. The highest BCUT2D eigenvalue weighted by atomic mass is 19.4. The molecule has 0 radical (unpaired) electrons. The Hall–Kier alpha value is -1.76. The average molecular weight is 305 g/mol. The van der Waals surface area contributed by atoms with Crippen LogP contribution in [0.25, 0.3) is 0 Å². The lowest BCUT2D eigenvalue weighted by Crippen LogP contribution is -2.15. The molecule has 21 heavy (non-hydrogen) atoms. The Morgan fingerprint density at radius 1 is 1.33 bits per heavy atom. The number of esters is 1. The first-order valence-electron chi connectivity index (χ1n) is 6.49. The average Bonchev–Trinajstić information content (AvgIpc) is 2.44. The number of halogens is 3. The van der Waals surface area contributed by atoms with Crippen molar-refractivity contribution >= 4 is 5.97 Å². The zero-order valence-corrected chi connectivity index (χ0v) is 11.9. The van der Waals surface area contributed by atoms with Gasteiger partial charge in [0.2, 0.25) is 0 Å². The van der Waals surface area contributed by atoms with E-state index in [1.54, 1.807) is 6.07 Å². The number of ether oxygens (including phenoxy) is 2. The van der Waals surface area contributed by atoms with Crippen LogP contribution < -0.4 is 10.1 Å². The summed E-state index contributed by atoms with van der Waals surface area (Å²) in [7, 11) is 1.21. The van der Waals surface area contributed by atoms with Gasteiger partial charge in [-0.1, -0.05) is 13.0 Å². The second-order valence-electron chi connectivity index (χ2n) is 4.28. The van der Waals surface area contributed by atoms with Crippen LogP contribution in [0.15, 0.2) is 18.2 Å². The smallest absolute Gasteiger partial charge is 0.419 e. The van der Waals surface area contributed by atoms with Crippen molar-refractivity contribution < 1.29 is 27.4 Å². The van der Waals surface area contributed by atoms with Crippen molar-refractivity contribution in [3.63, 3.8) is 0 Å². The quantitative estimate of drug-likeness (QED) is 0.787. The predicted molar refractivity (Wildman–Crippen MR) is 71.0 cm³/mol. The van der Waals surface area contributed by atoms with Crippen LogP contribution in [-0.2, 0) is 22.3 Å². The largest absolute Gasteiger partial charge is 0.492 e. The summed E-state index contributed by atoms with van der Waals surface area (Å²) in [5.74, 6) is -0.820. The molecule has 0 heterocycles. The van der Waals surface area contributed by atoms with Crippen molar-refractivity contribution in [2.45, 2.75) is 26.1 Å². The third kappa shape index (κ3) is 5.63. The van der Waals surface area contributed by atoms with Crippen LogP contribution in [0.2, 0.25) is 0 Å². The summed E-state index contributed by atoms with van der Waals surface area (Å²) in [6.07, 6.45) is -4.62. The molecular formula is C14H18F3NO3. The number of hydrogen-bond donors (Lipinski definition) is 1. The van der Waals surface area contributed by atoms with E-state index in [-0.39, 0.29) is 18.8 Å². The lowest BCUT2D eigenvalue weighted by atomic mass is 10.1. The fourth-order valence-corrected chi connectivity index (χ4v) is 1.65. The zero-order chi connectivity index (χ0) is 15.9. The van der Waals surface area contributed by atoms with Gasteiger partial charge in [0.15, 0.2) is 0 Å². The molecule has 0 fully saturated rings. The van der Waals surface area contributed by atoms with Gasteiger partial charge in [-0.3, -0.25) is 4.79 Å². The number of alkyl halides is 3. The highest BCUT2D eigenvalue weighted by Gasteiger charge is 2.34. The van der Waals surface area contributed by atoms with Crippen molar-refractivity contribution in [3.05, 3.63) is 29.3 Å². The first-order valence-corrected chi connectivity index (χ1v) is 6.49. The van der Waals surface area contributed by atoms with E-state index < -0.39 is 17.7 Å². The van der Waals surface area contributed by atoms with Crippen molar-refractivity contribution in [2.75, 3.05) is 20.3 Å². The van der Waals surface area contributed by atoms with Gasteiger partial charge in [0.05, 0.1) is 25.7 Å². The summed E-state index contributed by atoms with van der Waals surface area (Å²) in [6, 6.07) is 3.88. The van der Waals surface area contributed by atoms with E-state index in [1.165, 1.54) is 13.2 Å². The standard InChI is InChI=1S/C14H18F3NO3/c1-3-18-9-10-4-5-12(11(8-10)14(15,16)17)21-7-6-13(19)20-2/h4-5,8,18H,3,6-7,9H2,1-2H3. The van der Waals surface area contributed by atoms with Gasteiger partial charge in [-0.05, 0) is 24.2 Å². The zero-order valence-electron chi connectivity index (χ0n) is 11.9. The molecule has 7 heteroatoms. The number of benzene rings is 1. The molecule has 0 atom stereocenters. The minimum absolute atomic E-state index is 0.104. The topological polar surface area (TPSA) is 47.6 Å². The van der Waals surface area contributed by atoms with Crippen LogP contribution in [0.1, 0.15) is 24.5 Å². The Kier molecular flexibility index (Phi) is 6.48. The van der Waals surface area contributed by atoms with E-state index in [1.807, 2.05) is 6.92 Å². The fourth-order valence-electron chi connectivity index (χ4n) is 1.65. The molecule has 0 amide bonds.